The Hall–Kier alpha value is -3.50. The molecular weight excluding hydrogens is 472 g/mol. The highest BCUT2D eigenvalue weighted by Crippen LogP contribution is 2.32. The van der Waals surface area contributed by atoms with Crippen LogP contribution in [0, 0.1) is 5.92 Å². The first-order chi connectivity index (χ1) is 17.0. The maximum atomic E-state index is 13.5. The quantitative estimate of drug-likeness (QED) is 0.377. The topological polar surface area (TPSA) is 117 Å². The number of aliphatic hydroxyl groups is 1. The van der Waals surface area contributed by atoms with Crippen molar-refractivity contribution in [2.45, 2.75) is 32.4 Å². The number of aromatic nitrogens is 6. The molecule has 1 aliphatic carbocycles. The van der Waals surface area contributed by atoms with Gasteiger partial charge in [-0.05, 0) is 42.9 Å². The van der Waals surface area contributed by atoms with Gasteiger partial charge >= 0.3 is 5.69 Å². The number of ether oxygens (including phenoxy) is 1. The number of hydrogen-bond donors (Lipinski definition) is 1. The van der Waals surface area contributed by atoms with Crippen LogP contribution in [0.1, 0.15) is 24.8 Å². The van der Waals surface area contributed by atoms with Crippen LogP contribution in [-0.2, 0) is 20.1 Å². The fourth-order valence-corrected chi connectivity index (χ4v) is 4.10. The fraction of sp³-hybridized carbons (Fsp3) is 0.375. The number of benzene rings is 1. The van der Waals surface area contributed by atoms with E-state index in [4.69, 9.17) is 21.3 Å². The van der Waals surface area contributed by atoms with Crippen LogP contribution in [0.5, 0.6) is 5.88 Å². The molecule has 3 heterocycles. The highest BCUT2D eigenvalue weighted by atomic mass is 35.5. The third-order valence-electron chi connectivity index (χ3n) is 6.06. The lowest BCUT2D eigenvalue weighted by Gasteiger charge is -2.12. The number of rotatable bonds is 9. The van der Waals surface area contributed by atoms with Crippen molar-refractivity contribution in [2.75, 3.05) is 13.2 Å². The van der Waals surface area contributed by atoms with Gasteiger partial charge in [0.1, 0.15) is 0 Å². The Morgan fingerprint density at radius 3 is 2.57 bits per heavy atom. The predicted octanol–water partition coefficient (Wildman–Crippen LogP) is 2.23. The summed E-state index contributed by atoms with van der Waals surface area (Å²) < 4.78 is 10.2. The van der Waals surface area contributed by atoms with Crippen molar-refractivity contribution in [3.05, 3.63) is 68.1 Å². The van der Waals surface area contributed by atoms with Gasteiger partial charge in [-0.3, -0.25) is 13.9 Å². The normalized spacial score (nSPS) is 13.5. The minimum absolute atomic E-state index is 0.0975. The minimum atomic E-state index is -0.497. The van der Waals surface area contributed by atoms with Gasteiger partial charge in [0.2, 0.25) is 5.88 Å². The molecule has 0 bridgehead atoms. The summed E-state index contributed by atoms with van der Waals surface area (Å²) in [6, 6.07) is 7.28. The van der Waals surface area contributed by atoms with Gasteiger partial charge in [-0.25, -0.2) is 19.7 Å². The van der Waals surface area contributed by atoms with E-state index in [1.54, 1.807) is 36.1 Å². The van der Waals surface area contributed by atoms with E-state index in [1.165, 1.54) is 4.57 Å². The van der Waals surface area contributed by atoms with Crippen LogP contribution in [-0.4, -0.2) is 47.0 Å². The number of aliphatic hydroxyl groups excluding tert-OH is 1. The maximum Gasteiger partial charge on any atom is 0.332 e. The van der Waals surface area contributed by atoms with Gasteiger partial charge in [0.25, 0.3) is 5.56 Å². The SMILES string of the molecule is Cn1c(=O)n(CCCO)c(=O)c2c1nc(-c1nccnc1OCC1CC1)n2Cc1ccc(Cl)cc1. The molecule has 10 nitrogen and oxygen atoms in total. The Balaban J connectivity index is 1.73. The lowest BCUT2D eigenvalue weighted by molar-refractivity contribution is 0.277. The first-order valence-electron chi connectivity index (χ1n) is 11.5. The van der Waals surface area contributed by atoms with Gasteiger partial charge in [-0.1, -0.05) is 23.7 Å². The minimum Gasteiger partial charge on any atom is -0.476 e. The molecule has 11 heteroatoms. The van der Waals surface area contributed by atoms with Crippen LogP contribution < -0.4 is 16.0 Å². The highest BCUT2D eigenvalue weighted by Gasteiger charge is 2.26. The molecule has 0 saturated heterocycles. The smallest absolute Gasteiger partial charge is 0.332 e. The van der Waals surface area contributed by atoms with Crippen molar-refractivity contribution in [2.24, 2.45) is 13.0 Å². The van der Waals surface area contributed by atoms with Gasteiger partial charge in [0, 0.05) is 44.2 Å². The standard InChI is InChI=1S/C24H25ClN6O4/c1-29-21-19(23(33)30(24(29)34)11-2-12-32)31(13-15-5-7-17(25)8-6-15)20(28-21)18-22(27-10-9-26-18)35-14-16-3-4-16/h5-10,16,32H,2-4,11-14H2,1H3. The van der Waals surface area contributed by atoms with Gasteiger partial charge in [0.05, 0.1) is 6.61 Å². The van der Waals surface area contributed by atoms with Gasteiger partial charge in [0.15, 0.2) is 22.7 Å². The van der Waals surface area contributed by atoms with Crippen LogP contribution in [0.2, 0.25) is 5.02 Å². The molecule has 1 saturated carbocycles. The zero-order valence-corrected chi connectivity index (χ0v) is 20.0. The van der Waals surface area contributed by atoms with E-state index in [2.05, 4.69) is 9.97 Å². The van der Waals surface area contributed by atoms with E-state index >= 15 is 0 Å². The van der Waals surface area contributed by atoms with Crippen LogP contribution in [0.3, 0.4) is 0 Å². The molecule has 1 fully saturated rings. The van der Waals surface area contributed by atoms with E-state index in [9.17, 15) is 14.7 Å². The first kappa shape index (κ1) is 23.3. The molecule has 0 unspecified atom stereocenters. The molecule has 1 aromatic carbocycles. The van der Waals surface area contributed by atoms with E-state index in [0.29, 0.717) is 34.9 Å². The molecule has 1 N–H and O–H groups in total. The second kappa shape index (κ2) is 9.63. The number of fused-ring (bicyclic) bond motifs is 1. The largest absolute Gasteiger partial charge is 0.476 e. The summed E-state index contributed by atoms with van der Waals surface area (Å²) >= 11 is 6.07. The van der Waals surface area contributed by atoms with Crippen molar-refractivity contribution >= 4 is 22.8 Å². The molecule has 3 aromatic heterocycles. The summed E-state index contributed by atoms with van der Waals surface area (Å²) in [6.45, 7) is 0.787. The highest BCUT2D eigenvalue weighted by molar-refractivity contribution is 6.30. The maximum absolute atomic E-state index is 13.5. The Morgan fingerprint density at radius 1 is 1.11 bits per heavy atom. The zero-order chi connectivity index (χ0) is 24.5. The Kier molecular flexibility index (Phi) is 6.40. The van der Waals surface area contributed by atoms with Gasteiger partial charge < -0.3 is 14.4 Å². The van der Waals surface area contributed by atoms with Crippen molar-refractivity contribution in [3.63, 3.8) is 0 Å². The zero-order valence-electron chi connectivity index (χ0n) is 19.2. The van der Waals surface area contributed by atoms with Crippen LogP contribution in [0.25, 0.3) is 22.7 Å². The van der Waals surface area contributed by atoms with Crippen molar-refractivity contribution < 1.29 is 9.84 Å². The summed E-state index contributed by atoms with van der Waals surface area (Å²) in [5.41, 5.74) is 0.801. The summed E-state index contributed by atoms with van der Waals surface area (Å²) in [5, 5.41) is 9.86. The van der Waals surface area contributed by atoms with Crippen molar-refractivity contribution in [1.29, 1.82) is 0 Å². The number of hydrogen-bond acceptors (Lipinski definition) is 7. The lowest BCUT2D eigenvalue weighted by Crippen LogP contribution is -2.39. The number of nitrogens with zero attached hydrogens (tertiary/aromatic N) is 6. The molecule has 0 amide bonds. The second-order valence-corrected chi connectivity index (χ2v) is 9.10. The average Bonchev–Trinajstić information content (AvgIpc) is 3.62. The Morgan fingerprint density at radius 2 is 1.86 bits per heavy atom. The number of aryl methyl sites for hydroxylation is 1. The third-order valence-corrected chi connectivity index (χ3v) is 6.31. The lowest BCUT2D eigenvalue weighted by atomic mass is 10.2. The van der Waals surface area contributed by atoms with Crippen LogP contribution in [0.4, 0.5) is 0 Å². The average molecular weight is 497 g/mol. The molecule has 0 spiro atoms. The van der Waals surface area contributed by atoms with Crippen molar-refractivity contribution in [3.8, 4) is 17.4 Å². The van der Waals surface area contributed by atoms with E-state index in [1.807, 2.05) is 12.1 Å². The predicted molar refractivity (Wildman–Crippen MR) is 131 cm³/mol. The summed E-state index contributed by atoms with van der Waals surface area (Å²) in [7, 11) is 1.57. The molecule has 0 radical (unpaired) electrons. The fourth-order valence-electron chi connectivity index (χ4n) is 3.97. The summed E-state index contributed by atoms with van der Waals surface area (Å²) in [4.78, 5) is 40.0. The molecule has 1 aliphatic rings. The summed E-state index contributed by atoms with van der Waals surface area (Å²) in [5.74, 6) is 1.22. The first-order valence-corrected chi connectivity index (χ1v) is 11.8. The molecule has 35 heavy (non-hydrogen) atoms. The molecule has 182 valence electrons. The van der Waals surface area contributed by atoms with Crippen molar-refractivity contribution in [1.82, 2.24) is 28.7 Å². The Labute approximate surface area is 205 Å². The number of halogens is 1. The van der Waals surface area contributed by atoms with Gasteiger partial charge in [-0.15, -0.1) is 0 Å². The number of imidazole rings is 1. The molecule has 4 aromatic rings. The van der Waals surface area contributed by atoms with E-state index in [-0.39, 0.29) is 37.3 Å². The monoisotopic (exact) mass is 496 g/mol. The molecule has 5 rings (SSSR count). The second-order valence-electron chi connectivity index (χ2n) is 8.66. The summed E-state index contributed by atoms with van der Waals surface area (Å²) in [6.07, 6.45) is 5.63. The molecule has 0 aliphatic heterocycles. The molecular formula is C24H25ClN6O4. The third kappa shape index (κ3) is 4.59. The molecule has 0 atom stereocenters. The Bertz CT molecular complexity index is 1490. The van der Waals surface area contributed by atoms with E-state index < -0.39 is 11.2 Å². The van der Waals surface area contributed by atoms with E-state index in [0.717, 1.165) is 23.0 Å². The van der Waals surface area contributed by atoms with Crippen LogP contribution in [0.15, 0.2) is 46.2 Å². The van der Waals surface area contributed by atoms with Gasteiger partial charge in [-0.2, -0.15) is 0 Å². The van der Waals surface area contributed by atoms with Crippen LogP contribution >= 0.6 is 11.6 Å².